The summed E-state index contributed by atoms with van der Waals surface area (Å²) in [5.41, 5.74) is 2.57. The van der Waals surface area contributed by atoms with Crippen molar-refractivity contribution in [3.05, 3.63) is 83.7 Å². The van der Waals surface area contributed by atoms with Gasteiger partial charge in [-0.15, -0.1) is 0 Å². The fourth-order valence-corrected chi connectivity index (χ4v) is 3.22. The number of hydrogen-bond donors (Lipinski definition) is 2. The molecule has 0 aliphatic rings. The number of nitrogens with one attached hydrogen (secondary N) is 2. The quantitative estimate of drug-likeness (QED) is 0.557. The van der Waals surface area contributed by atoms with E-state index >= 15 is 0 Å². The van der Waals surface area contributed by atoms with Crippen molar-refractivity contribution in [2.24, 2.45) is 5.92 Å². The molecule has 31 heavy (non-hydrogen) atoms. The van der Waals surface area contributed by atoms with Crippen LogP contribution >= 0.6 is 0 Å². The van der Waals surface area contributed by atoms with Crippen molar-refractivity contribution in [3.8, 4) is 5.75 Å². The summed E-state index contributed by atoms with van der Waals surface area (Å²) >= 11 is 0. The fourth-order valence-electron chi connectivity index (χ4n) is 3.22. The molecule has 7 nitrogen and oxygen atoms in total. The van der Waals surface area contributed by atoms with Crippen molar-refractivity contribution < 1.29 is 14.3 Å². The van der Waals surface area contributed by atoms with Gasteiger partial charge in [0.2, 0.25) is 5.91 Å². The highest BCUT2D eigenvalue weighted by atomic mass is 16.5. The van der Waals surface area contributed by atoms with E-state index in [-0.39, 0.29) is 17.7 Å². The van der Waals surface area contributed by atoms with E-state index in [1.54, 1.807) is 37.6 Å². The third-order valence-electron chi connectivity index (χ3n) is 4.95. The molecule has 0 saturated heterocycles. The van der Waals surface area contributed by atoms with Crippen molar-refractivity contribution >= 4 is 11.8 Å². The van der Waals surface area contributed by atoms with Crippen molar-refractivity contribution in [2.75, 3.05) is 7.11 Å². The van der Waals surface area contributed by atoms with E-state index in [0.29, 0.717) is 24.4 Å². The molecule has 2 amide bonds. The third-order valence-corrected chi connectivity index (χ3v) is 4.95. The summed E-state index contributed by atoms with van der Waals surface area (Å²) in [4.78, 5) is 25.4. The molecule has 1 aromatic heterocycles. The molecule has 3 aromatic rings. The number of benzene rings is 2. The molecule has 1 unspecified atom stereocenters. The first-order valence-electron chi connectivity index (χ1n) is 10.2. The van der Waals surface area contributed by atoms with E-state index in [4.69, 9.17) is 4.74 Å². The zero-order valence-corrected chi connectivity index (χ0v) is 18.0. The molecule has 2 N–H and O–H groups in total. The zero-order chi connectivity index (χ0) is 22.2. The van der Waals surface area contributed by atoms with Gasteiger partial charge in [-0.3, -0.25) is 14.3 Å². The Labute approximate surface area is 182 Å². The van der Waals surface area contributed by atoms with E-state index in [2.05, 4.69) is 15.7 Å². The summed E-state index contributed by atoms with van der Waals surface area (Å²) in [6, 6.07) is 16.0. The first-order valence-corrected chi connectivity index (χ1v) is 10.2. The number of amides is 2. The van der Waals surface area contributed by atoms with Gasteiger partial charge >= 0.3 is 0 Å². The van der Waals surface area contributed by atoms with Crippen molar-refractivity contribution in [1.82, 2.24) is 20.4 Å². The molecule has 0 radical (unpaired) electrons. The molecule has 0 fully saturated rings. The number of ether oxygens (including phenoxy) is 1. The van der Waals surface area contributed by atoms with E-state index in [0.717, 1.165) is 11.1 Å². The molecule has 3 rings (SSSR count). The lowest BCUT2D eigenvalue weighted by Crippen LogP contribution is -2.49. The molecule has 0 aliphatic heterocycles. The maximum atomic E-state index is 12.8. The molecule has 0 aliphatic carbocycles. The summed E-state index contributed by atoms with van der Waals surface area (Å²) in [5.74, 6) is 0.102. The molecule has 7 heteroatoms. The Morgan fingerprint density at radius 3 is 2.45 bits per heavy atom. The van der Waals surface area contributed by atoms with Crippen LogP contribution in [0, 0.1) is 5.92 Å². The van der Waals surface area contributed by atoms with Crippen molar-refractivity contribution in [1.29, 1.82) is 0 Å². The second-order valence-corrected chi connectivity index (χ2v) is 7.67. The first-order chi connectivity index (χ1) is 15.0. The van der Waals surface area contributed by atoms with Gasteiger partial charge < -0.3 is 15.4 Å². The largest absolute Gasteiger partial charge is 0.497 e. The van der Waals surface area contributed by atoms with Gasteiger partial charge in [0, 0.05) is 24.5 Å². The molecular weight excluding hydrogens is 392 g/mol. The first kappa shape index (κ1) is 22.1. The fraction of sp³-hybridized carbons (Fsp3) is 0.292. The van der Waals surface area contributed by atoms with Crippen LogP contribution in [0.5, 0.6) is 5.75 Å². The van der Waals surface area contributed by atoms with Crippen molar-refractivity contribution in [3.63, 3.8) is 0 Å². The summed E-state index contributed by atoms with van der Waals surface area (Å²) < 4.78 is 6.97. The lowest BCUT2D eigenvalue weighted by Gasteiger charge is -2.22. The predicted octanol–water partition coefficient (Wildman–Crippen LogP) is 3.01. The number of carbonyl (C=O) groups excluding carboxylic acids is 2. The molecule has 0 spiro atoms. The Balaban J connectivity index is 1.59. The van der Waals surface area contributed by atoms with Crippen LogP contribution in [0.2, 0.25) is 0 Å². The van der Waals surface area contributed by atoms with Gasteiger partial charge in [-0.05, 0) is 47.4 Å². The summed E-state index contributed by atoms with van der Waals surface area (Å²) in [7, 11) is 1.57. The van der Waals surface area contributed by atoms with Gasteiger partial charge in [0.15, 0.2) is 0 Å². The Kier molecular flexibility index (Phi) is 7.43. The highest BCUT2D eigenvalue weighted by Gasteiger charge is 2.24. The van der Waals surface area contributed by atoms with Crippen molar-refractivity contribution in [2.45, 2.75) is 33.0 Å². The van der Waals surface area contributed by atoms with Gasteiger partial charge in [-0.1, -0.05) is 38.1 Å². The number of methoxy groups -OCH3 is 1. The van der Waals surface area contributed by atoms with Gasteiger partial charge in [-0.2, -0.15) is 5.10 Å². The molecule has 0 saturated carbocycles. The average Bonchev–Trinajstić information content (AvgIpc) is 3.28. The lowest BCUT2D eigenvalue weighted by atomic mass is 10.0. The standard InChI is InChI=1S/C24H28N4O3/c1-17(2)22(27-23(29)20-8-10-21(31-3)11-9-20)24(30)25-15-18-6-4-7-19(14-18)16-28-13-5-12-26-28/h4-14,17,22H,15-16H2,1-3H3,(H,25,30)(H,27,29). The smallest absolute Gasteiger partial charge is 0.251 e. The number of hydrogen-bond acceptors (Lipinski definition) is 4. The van der Waals surface area contributed by atoms with Crippen LogP contribution in [0.15, 0.2) is 67.0 Å². The van der Waals surface area contributed by atoms with E-state index in [9.17, 15) is 9.59 Å². The Morgan fingerprint density at radius 2 is 1.81 bits per heavy atom. The Morgan fingerprint density at radius 1 is 1.06 bits per heavy atom. The monoisotopic (exact) mass is 420 g/mol. The molecule has 1 heterocycles. The normalized spacial score (nSPS) is 11.7. The maximum absolute atomic E-state index is 12.8. The minimum atomic E-state index is -0.637. The molecule has 2 aromatic carbocycles. The highest BCUT2D eigenvalue weighted by Crippen LogP contribution is 2.12. The second-order valence-electron chi connectivity index (χ2n) is 7.67. The van der Waals surface area contributed by atoms with E-state index in [1.165, 1.54) is 0 Å². The summed E-state index contributed by atoms with van der Waals surface area (Å²) in [5, 5.41) is 10.0. The number of aromatic nitrogens is 2. The molecule has 1 atom stereocenters. The van der Waals surface area contributed by atoms with Gasteiger partial charge in [0.05, 0.1) is 13.7 Å². The van der Waals surface area contributed by atoms with Crippen LogP contribution in [0.25, 0.3) is 0 Å². The van der Waals surface area contributed by atoms with Crippen LogP contribution in [-0.4, -0.2) is 34.7 Å². The summed E-state index contributed by atoms with van der Waals surface area (Å²) in [6.07, 6.45) is 3.66. The minimum absolute atomic E-state index is 0.0617. The lowest BCUT2D eigenvalue weighted by molar-refractivity contribution is -0.124. The third kappa shape index (κ3) is 6.18. The maximum Gasteiger partial charge on any atom is 0.251 e. The number of carbonyl (C=O) groups is 2. The number of nitrogens with zero attached hydrogens (tertiary/aromatic N) is 2. The SMILES string of the molecule is COc1ccc(C(=O)NC(C(=O)NCc2cccc(Cn3cccn3)c2)C(C)C)cc1. The average molecular weight is 421 g/mol. The second kappa shape index (κ2) is 10.4. The van der Waals surface area contributed by atoms with Crippen LogP contribution < -0.4 is 15.4 Å². The predicted molar refractivity (Wildman–Crippen MR) is 119 cm³/mol. The van der Waals surface area contributed by atoms with Gasteiger partial charge in [0.25, 0.3) is 5.91 Å². The minimum Gasteiger partial charge on any atom is -0.497 e. The molecule has 0 bridgehead atoms. The van der Waals surface area contributed by atoms with E-state index < -0.39 is 6.04 Å². The highest BCUT2D eigenvalue weighted by molar-refractivity contribution is 5.97. The summed E-state index contributed by atoms with van der Waals surface area (Å²) in [6.45, 7) is 4.86. The number of rotatable bonds is 9. The van der Waals surface area contributed by atoms with E-state index in [1.807, 2.05) is 55.1 Å². The van der Waals surface area contributed by atoms with Gasteiger partial charge in [0.1, 0.15) is 11.8 Å². The Bertz CT molecular complexity index is 998. The van der Waals surface area contributed by atoms with Gasteiger partial charge in [-0.25, -0.2) is 0 Å². The van der Waals surface area contributed by atoms with Crippen LogP contribution in [-0.2, 0) is 17.9 Å². The molecule has 162 valence electrons. The van der Waals surface area contributed by atoms with Crippen LogP contribution in [0.1, 0.15) is 35.3 Å². The Hall–Kier alpha value is -3.61. The van der Waals surface area contributed by atoms with Crippen LogP contribution in [0.3, 0.4) is 0 Å². The zero-order valence-electron chi connectivity index (χ0n) is 18.0. The van der Waals surface area contributed by atoms with Crippen LogP contribution in [0.4, 0.5) is 0 Å². The molecular formula is C24H28N4O3. The topological polar surface area (TPSA) is 85.2 Å².